The van der Waals surface area contributed by atoms with Gasteiger partial charge in [0.15, 0.2) is 6.10 Å². The van der Waals surface area contributed by atoms with E-state index < -0.39 is 36.0 Å². The van der Waals surface area contributed by atoms with E-state index in [0.717, 1.165) is 24.4 Å². The molecule has 9 heteroatoms. The van der Waals surface area contributed by atoms with Crippen LogP contribution in [0.25, 0.3) is 0 Å². The molecule has 2 N–H and O–H groups in total. The van der Waals surface area contributed by atoms with Crippen molar-refractivity contribution in [3.05, 3.63) is 78.2 Å². The predicted molar refractivity (Wildman–Crippen MR) is 188 cm³/mol. The summed E-state index contributed by atoms with van der Waals surface area (Å²) in [6, 6.07) is 6.47. The zero-order valence-corrected chi connectivity index (χ0v) is 29.4. The molecule has 48 heavy (non-hydrogen) atoms. The maximum Gasteiger partial charge on any atom is 0.410 e. The van der Waals surface area contributed by atoms with Crippen LogP contribution in [-0.2, 0) is 14.3 Å². The Morgan fingerprint density at radius 1 is 1.06 bits per heavy atom. The summed E-state index contributed by atoms with van der Waals surface area (Å²) in [4.78, 5) is 34.9. The van der Waals surface area contributed by atoms with Gasteiger partial charge >= 0.3 is 12.1 Å². The molecule has 2 aliphatic heterocycles. The Morgan fingerprint density at radius 2 is 1.79 bits per heavy atom. The van der Waals surface area contributed by atoms with Crippen LogP contribution in [0.5, 0.6) is 0 Å². The molecule has 0 spiro atoms. The summed E-state index contributed by atoms with van der Waals surface area (Å²) in [6.07, 6.45) is 19.9. The van der Waals surface area contributed by atoms with E-state index in [1.165, 1.54) is 38.5 Å². The number of pyridine rings is 1. The van der Waals surface area contributed by atoms with Gasteiger partial charge in [0.2, 0.25) is 0 Å². The summed E-state index contributed by atoms with van der Waals surface area (Å²) in [5.41, 5.74) is 0.369. The third-order valence-corrected chi connectivity index (χ3v) is 10.0. The summed E-state index contributed by atoms with van der Waals surface area (Å²) in [5.74, 6) is -0.630. The third-order valence-electron chi connectivity index (χ3n) is 10.0. The molecule has 6 atom stereocenters. The lowest BCUT2D eigenvalue weighted by Gasteiger charge is -2.40. The average molecular weight is 664 g/mol. The Kier molecular flexibility index (Phi) is 14.5. The van der Waals surface area contributed by atoms with E-state index in [-0.39, 0.29) is 31.1 Å². The number of nitrogens with zero attached hydrogens (tertiary/aromatic N) is 3. The van der Waals surface area contributed by atoms with Crippen molar-refractivity contribution in [1.29, 1.82) is 0 Å². The second-order valence-corrected chi connectivity index (χ2v) is 14.1. The quantitative estimate of drug-likeness (QED) is 0.147. The molecule has 0 bridgehead atoms. The smallest absolute Gasteiger partial charge is 0.410 e. The zero-order chi connectivity index (χ0) is 34.5. The fourth-order valence-corrected chi connectivity index (χ4v) is 6.87. The first-order valence-electron chi connectivity index (χ1n) is 17.9. The second-order valence-electron chi connectivity index (χ2n) is 14.1. The maximum atomic E-state index is 13.4. The van der Waals surface area contributed by atoms with Crippen molar-refractivity contribution >= 4 is 12.1 Å². The van der Waals surface area contributed by atoms with Crippen molar-refractivity contribution in [2.75, 3.05) is 26.2 Å². The van der Waals surface area contributed by atoms with Gasteiger partial charge in [-0.15, -0.1) is 0 Å². The highest BCUT2D eigenvalue weighted by Gasteiger charge is 2.37. The predicted octanol–water partition coefficient (Wildman–Crippen LogP) is 6.49. The molecule has 4 rings (SSSR count). The SMILES string of the molecule is C\C(=C/C=C/C=C/[C@@H](C)c1ccccn1)[C@H]1OC(=O)C[C@H](O)CC[C@@](C)(O)[C@@H](OC(=O)N2CCN(C3CCCCCC3)CC2)/C=C/[C@@H]1C. The number of amides is 1. The van der Waals surface area contributed by atoms with Gasteiger partial charge in [0.25, 0.3) is 0 Å². The highest BCUT2D eigenvalue weighted by atomic mass is 16.6. The van der Waals surface area contributed by atoms with Gasteiger partial charge in [-0.3, -0.25) is 14.7 Å². The number of esters is 1. The van der Waals surface area contributed by atoms with E-state index in [0.29, 0.717) is 19.1 Å². The minimum absolute atomic E-state index is 0.146. The molecule has 3 aliphatic rings. The number of carbonyl (C=O) groups excluding carboxylic acids is 2. The Hall–Kier alpha value is -3.27. The van der Waals surface area contributed by atoms with Gasteiger partial charge in [0.1, 0.15) is 11.7 Å². The number of piperazine rings is 1. The molecule has 1 aromatic heterocycles. The highest BCUT2D eigenvalue weighted by Crippen LogP contribution is 2.28. The van der Waals surface area contributed by atoms with Crippen LogP contribution in [0.1, 0.15) is 97.1 Å². The normalized spacial score (nSPS) is 30.7. The molecule has 3 heterocycles. The number of aliphatic hydroxyl groups excluding tert-OH is 1. The molecule has 1 aliphatic carbocycles. The van der Waals surface area contributed by atoms with Crippen LogP contribution < -0.4 is 0 Å². The summed E-state index contributed by atoms with van der Waals surface area (Å²) in [5, 5.41) is 22.2. The number of ether oxygens (including phenoxy) is 2. The summed E-state index contributed by atoms with van der Waals surface area (Å²) >= 11 is 0. The first-order valence-corrected chi connectivity index (χ1v) is 17.9. The van der Waals surface area contributed by atoms with Crippen LogP contribution in [0, 0.1) is 5.92 Å². The molecule has 9 nitrogen and oxygen atoms in total. The van der Waals surface area contributed by atoms with E-state index in [1.807, 2.05) is 62.4 Å². The molecular formula is C39H57N3O6. The number of aliphatic hydroxyl groups is 2. The van der Waals surface area contributed by atoms with Gasteiger partial charge in [-0.2, -0.15) is 0 Å². The third kappa shape index (κ3) is 11.4. The van der Waals surface area contributed by atoms with Crippen LogP contribution in [0.3, 0.4) is 0 Å². The van der Waals surface area contributed by atoms with Gasteiger partial charge in [0.05, 0.1) is 12.5 Å². The lowest BCUT2D eigenvalue weighted by molar-refractivity contribution is -0.151. The Morgan fingerprint density at radius 3 is 2.48 bits per heavy atom. The lowest BCUT2D eigenvalue weighted by atomic mass is 9.89. The fraction of sp³-hybridized carbons (Fsp3) is 0.615. The van der Waals surface area contributed by atoms with Crippen molar-refractivity contribution in [2.24, 2.45) is 5.92 Å². The van der Waals surface area contributed by atoms with Crippen molar-refractivity contribution in [3.8, 4) is 0 Å². The first kappa shape index (κ1) is 37.5. The van der Waals surface area contributed by atoms with Crippen LogP contribution in [-0.4, -0.2) is 93.2 Å². The lowest BCUT2D eigenvalue weighted by Crippen LogP contribution is -2.53. The Balaban J connectivity index is 1.43. The Labute approximate surface area is 287 Å². The second kappa shape index (κ2) is 18.5. The van der Waals surface area contributed by atoms with Gasteiger partial charge in [0, 0.05) is 55.9 Å². The summed E-state index contributed by atoms with van der Waals surface area (Å²) in [7, 11) is 0. The zero-order valence-electron chi connectivity index (χ0n) is 29.4. The van der Waals surface area contributed by atoms with Crippen molar-refractivity contribution in [2.45, 2.75) is 121 Å². The molecule has 1 amide bonds. The maximum absolute atomic E-state index is 13.4. The highest BCUT2D eigenvalue weighted by molar-refractivity contribution is 5.70. The molecule has 264 valence electrons. The van der Waals surface area contributed by atoms with Gasteiger partial charge in [-0.25, -0.2) is 4.79 Å². The van der Waals surface area contributed by atoms with Crippen LogP contribution in [0.4, 0.5) is 4.79 Å². The van der Waals surface area contributed by atoms with Crippen molar-refractivity contribution in [3.63, 3.8) is 0 Å². The number of allylic oxidation sites excluding steroid dienone is 5. The number of carbonyl (C=O) groups is 2. The molecule has 1 saturated carbocycles. The molecule has 0 unspecified atom stereocenters. The van der Waals surface area contributed by atoms with E-state index in [2.05, 4.69) is 22.9 Å². The van der Waals surface area contributed by atoms with Crippen LogP contribution in [0.2, 0.25) is 0 Å². The molecule has 1 saturated heterocycles. The minimum atomic E-state index is -1.44. The van der Waals surface area contributed by atoms with Gasteiger partial charge < -0.3 is 24.6 Å². The molecule has 1 aromatic rings. The average Bonchev–Trinajstić information content (AvgIpc) is 3.37. The standard InChI is InChI=1S/C39H57N3O6/c1-29(34-18-12-13-23-40-34)14-8-7-9-15-30(2)37-31(3)19-20-35(39(4,46)22-21-33(43)28-36(44)48-37)47-38(45)42-26-24-41(25-27-42)32-16-10-5-6-11-17-32/h7-9,12-15,18-20,23,29,31-33,35,37,43,46H,5-6,10-11,16-17,21-22,24-28H2,1-4H3/b9-7+,14-8+,20-19+,30-15+/t29-,31+,33-,35+,37-,39-/m1/s1. The molecular weight excluding hydrogens is 606 g/mol. The van der Waals surface area contributed by atoms with Crippen molar-refractivity contribution in [1.82, 2.24) is 14.8 Å². The monoisotopic (exact) mass is 663 g/mol. The molecule has 0 aromatic carbocycles. The first-order chi connectivity index (χ1) is 23.0. The largest absolute Gasteiger partial charge is 0.457 e. The Bertz CT molecular complexity index is 1280. The molecule has 0 radical (unpaired) electrons. The molecule has 2 fully saturated rings. The number of cyclic esters (lactones) is 1. The minimum Gasteiger partial charge on any atom is -0.457 e. The van der Waals surface area contributed by atoms with E-state index >= 15 is 0 Å². The number of hydrogen-bond acceptors (Lipinski definition) is 8. The van der Waals surface area contributed by atoms with Gasteiger partial charge in [-0.1, -0.05) is 82.1 Å². The van der Waals surface area contributed by atoms with Gasteiger partial charge in [-0.05, 0) is 63.3 Å². The number of hydrogen-bond donors (Lipinski definition) is 2. The summed E-state index contributed by atoms with van der Waals surface area (Å²) < 4.78 is 11.9. The van der Waals surface area contributed by atoms with Crippen LogP contribution >= 0.6 is 0 Å². The topological polar surface area (TPSA) is 112 Å². The van der Waals surface area contributed by atoms with E-state index in [9.17, 15) is 19.8 Å². The number of aromatic nitrogens is 1. The van der Waals surface area contributed by atoms with E-state index in [1.54, 1.807) is 24.1 Å². The van der Waals surface area contributed by atoms with Crippen molar-refractivity contribution < 1.29 is 29.3 Å². The van der Waals surface area contributed by atoms with E-state index in [4.69, 9.17) is 9.47 Å². The number of rotatable bonds is 7. The fourth-order valence-electron chi connectivity index (χ4n) is 6.87. The van der Waals surface area contributed by atoms with Crippen LogP contribution in [0.15, 0.2) is 72.5 Å². The summed E-state index contributed by atoms with van der Waals surface area (Å²) in [6.45, 7) is 10.4.